The summed E-state index contributed by atoms with van der Waals surface area (Å²) in [6.45, 7) is 0.439. The van der Waals surface area contributed by atoms with Gasteiger partial charge in [0.25, 0.3) is 0 Å². The van der Waals surface area contributed by atoms with Gasteiger partial charge in [-0.1, -0.05) is 65.6 Å². The van der Waals surface area contributed by atoms with Gasteiger partial charge in [0.05, 0.1) is 12.9 Å². The maximum Gasteiger partial charge on any atom is 0.250 e. The van der Waals surface area contributed by atoms with Crippen LogP contribution in [0.15, 0.2) is 65.0 Å². The lowest BCUT2D eigenvalue weighted by Gasteiger charge is -2.05. The highest BCUT2D eigenvalue weighted by Gasteiger charge is 2.09. The van der Waals surface area contributed by atoms with E-state index in [0.717, 1.165) is 16.9 Å². The number of thioether (sulfide) groups is 1. The quantitative estimate of drug-likeness (QED) is 0.300. The summed E-state index contributed by atoms with van der Waals surface area (Å²) in [6, 6.07) is 17.0. The van der Waals surface area contributed by atoms with Gasteiger partial charge >= 0.3 is 0 Å². The highest BCUT2D eigenvalue weighted by Crippen LogP contribution is 2.25. The average Bonchev–Trinajstić information content (AvgIpc) is 3.23. The van der Waals surface area contributed by atoms with Gasteiger partial charge in [-0.3, -0.25) is 14.9 Å². The van der Waals surface area contributed by atoms with Crippen LogP contribution in [0.1, 0.15) is 11.1 Å². The van der Waals surface area contributed by atoms with E-state index in [-0.39, 0.29) is 17.6 Å². The molecule has 3 rings (SSSR count). The van der Waals surface area contributed by atoms with Gasteiger partial charge in [-0.25, -0.2) is 0 Å². The molecule has 0 bridgehead atoms. The topological polar surface area (TPSA) is 93.2 Å². The van der Waals surface area contributed by atoms with E-state index in [1.165, 1.54) is 29.2 Å². The Hall–Kier alpha value is -3.17. The zero-order valence-corrected chi connectivity index (χ0v) is 17.8. The Morgan fingerprint density at radius 3 is 2.60 bits per heavy atom. The van der Waals surface area contributed by atoms with Crippen molar-refractivity contribution in [3.05, 3.63) is 71.8 Å². The molecule has 0 saturated heterocycles. The molecule has 0 aliphatic heterocycles. The van der Waals surface area contributed by atoms with Crippen LogP contribution in [0.5, 0.6) is 5.75 Å². The lowest BCUT2D eigenvalue weighted by atomic mass is 10.2. The van der Waals surface area contributed by atoms with E-state index in [1.54, 1.807) is 13.2 Å². The molecule has 1 heterocycles. The average molecular weight is 441 g/mol. The van der Waals surface area contributed by atoms with Crippen molar-refractivity contribution in [1.82, 2.24) is 15.5 Å². The van der Waals surface area contributed by atoms with Crippen LogP contribution in [-0.4, -0.2) is 34.9 Å². The number of rotatable bonds is 9. The van der Waals surface area contributed by atoms with E-state index < -0.39 is 0 Å². The van der Waals surface area contributed by atoms with Crippen LogP contribution in [0.3, 0.4) is 0 Å². The second-order valence-electron chi connectivity index (χ2n) is 6.02. The minimum Gasteiger partial charge on any atom is -0.497 e. The summed E-state index contributed by atoms with van der Waals surface area (Å²) in [7, 11) is 1.61. The van der Waals surface area contributed by atoms with E-state index >= 15 is 0 Å². The number of ether oxygens (including phenoxy) is 1. The molecule has 3 aromatic rings. The highest BCUT2D eigenvalue weighted by molar-refractivity contribution is 8.01. The summed E-state index contributed by atoms with van der Waals surface area (Å²) in [6.07, 6.45) is 3.16. The largest absolute Gasteiger partial charge is 0.497 e. The molecule has 0 spiro atoms. The monoisotopic (exact) mass is 440 g/mol. The number of nitrogens with one attached hydrogen (secondary N) is 2. The first-order valence-corrected chi connectivity index (χ1v) is 10.8. The van der Waals surface area contributed by atoms with Crippen molar-refractivity contribution in [3.63, 3.8) is 0 Å². The first kappa shape index (κ1) is 21.5. The highest BCUT2D eigenvalue weighted by atomic mass is 32.2. The SMILES string of the molecule is COc1ccc(CNC(=O)CSc2nnc(NC(=O)/C=C/c3ccccc3)s2)cc1. The Kier molecular flexibility index (Phi) is 7.99. The van der Waals surface area contributed by atoms with Gasteiger partial charge < -0.3 is 10.1 Å². The van der Waals surface area contributed by atoms with Gasteiger partial charge in [0, 0.05) is 12.6 Å². The third-order valence-corrected chi connectivity index (χ3v) is 5.81. The fraction of sp³-hybridized carbons (Fsp3) is 0.143. The van der Waals surface area contributed by atoms with Crippen LogP contribution in [0, 0.1) is 0 Å². The molecule has 0 radical (unpaired) electrons. The Balaban J connectivity index is 1.40. The van der Waals surface area contributed by atoms with Crippen LogP contribution in [0.4, 0.5) is 5.13 Å². The fourth-order valence-corrected chi connectivity index (χ4v) is 3.91. The van der Waals surface area contributed by atoms with Crippen molar-refractivity contribution in [2.24, 2.45) is 0 Å². The van der Waals surface area contributed by atoms with Crippen molar-refractivity contribution in [1.29, 1.82) is 0 Å². The van der Waals surface area contributed by atoms with Crippen LogP contribution in [-0.2, 0) is 16.1 Å². The first-order chi connectivity index (χ1) is 14.6. The summed E-state index contributed by atoms with van der Waals surface area (Å²) in [5.41, 5.74) is 1.92. The molecule has 0 aliphatic rings. The third-order valence-electron chi connectivity index (χ3n) is 3.84. The second kappa shape index (κ2) is 11.1. The standard InChI is InChI=1S/C21H20N4O3S2/c1-28-17-10-7-16(8-11-17)13-22-19(27)14-29-21-25-24-20(30-21)23-18(26)12-9-15-5-3-2-4-6-15/h2-12H,13-14H2,1H3,(H,22,27)(H,23,24,26)/b12-9+. The number of benzene rings is 2. The second-order valence-corrected chi connectivity index (χ2v) is 8.22. The minimum absolute atomic E-state index is 0.109. The molecular weight excluding hydrogens is 420 g/mol. The predicted molar refractivity (Wildman–Crippen MR) is 120 cm³/mol. The zero-order valence-electron chi connectivity index (χ0n) is 16.2. The Labute approximate surface area is 182 Å². The van der Waals surface area contributed by atoms with Crippen molar-refractivity contribution >= 4 is 46.1 Å². The van der Waals surface area contributed by atoms with Crippen molar-refractivity contribution in [3.8, 4) is 5.75 Å². The molecule has 2 N–H and O–H groups in total. The summed E-state index contributed by atoms with van der Waals surface area (Å²) in [4.78, 5) is 24.0. The molecule has 30 heavy (non-hydrogen) atoms. The lowest BCUT2D eigenvalue weighted by Crippen LogP contribution is -2.24. The smallest absolute Gasteiger partial charge is 0.250 e. The van der Waals surface area contributed by atoms with E-state index in [9.17, 15) is 9.59 Å². The molecular formula is C21H20N4O3S2. The molecule has 0 saturated carbocycles. The normalized spacial score (nSPS) is 10.7. The minimum atomic E-state index is -0.288. The van der Waals surface area contributed by atoms with Gasteiger partial charge in [-0.05, 0) is 29.3 Å². The number of carbonyl (C=O) groups excluding carboxylic acids is 2. The third kappa shape index (κ3) is 7.02. The number of hydrogen-bond donors (Lipinski definition) is 2. The van der Waals surface area contributed by atoms with E-state index in [0.29, 0.717) is 16.0 Å². The molecule has 2 amide bonds. The van der Waals surface area contributed by atoms with Gasteiger partial charge in [-0.2, -0.15) is 0 Å². The molecule has 2 aromatic carbocycles. The van der Waals surface area contributed by atoms with Crippen molar-refractivity contribution < 1.29 is 14.3 Å². The molecule has 154 valence electrons. The number of hydrogen-bond acceptors (Lipinski definition) is 7. The first-order valence-electron chi connectivity index (χ1n) is 9.02. The van der Waals surface area contributed by atoms with Gasteiger partial charge in [0.1, 0.15) is 5.75 Å². The van der Waals surface area contributed by atoms with Crippen LogP contribution in [0.25, 0.3) is 6.08 Å². The summed E-state index contributed by atoms with van der Waals surface area (Å²) in [5.74, 6) is 0.591. The Morgan fingerprint density at radius 2 is 1.87 bits per heavy atom. The van der Waals surface area contributed by atoms with Crippen molar-refractivity contribution in [2.75, 3.05) is 18.2 Å². The maximum absolute atomic E-state index is 12.0. The predicted octanol–water partition coefficient (Wildman–Crippen LogP) is 3.61. The number of nitrogens with zero attached hydrogens (tertiary/aromatic N) is 2. The summed E-state index contributed by atoms with van der Waals surface area (Å²) >= 11 is 2.50. The van der Waals surface area contributed by atoms with E-state index in [1.807, 2.05) is 54.6 Å². The molecule has 7 nitrogen and oxygen atoms in total. The Bertz CT molecular complexity index is 1000. The van der Waals surface area contributed by atoms with Crippen molar-refractivity contribution in [2.45, 2.75) is 10.9 Å². The molecule has 0 atom stereocenters. The van der Waals surface area contributed by atoms with Crippen LogP contribution < -0.4 is 15.4 Å². The molecule has 0 fully saturated rings. The summed E-state index contributed by atoms with van der Waals surface area (Å²) < 4.78 is 5.72. The number of methoxy groups -OCH3 is 1. The molecule has 0 aliphatic carbocycles. The lowest BCUT2D eigenvalue weighted by molar-refractivity contribution is -0.118. The number of aromatic nitrogens is 2. The molecule has 0 unspecified atom stereocenters. The number of carbonyl (C=O) groups is 2. The number of amides is 2. The van der Waals surface area contributed by atoms with E-state index in [2.05, 4.69) is 20.8 Å². The van der Waals surface area contributed by atoms with Gasteiger partial charge in [0.15, 0.2) is 4.34 Å². The van der Waals surface area contributed by atoms with Crippen LogP contribution in [0.2, 0.25) is 0 Å². The van der Waals surface area contributed by atoms with E-state index in [4.69, 9.17) is 4.74 Å². The van der Waals surface area contributed by atoms with Crippen LogP contribution >= 0.6 is 23.1 Å². The van der Waals surface area contributed by atoms with Gasteiger partial charge in [0.2, 0.25) is 16.9 Å². The zero-order chi connectivity index (χ0) is 21.2. The summed E-state index contributed by atoms with van der Waals surface area (Å²) in [5, 5.41) is 13.8. The van der Waals surface area contributed by atoms with Gasteiger partial charge in [-0.15, -0.1) is 10.2 Å². The molecule has 9 heteroatoms. The number of anilines is 1. The Morgan fingerprint density at radius 1 is 1.10 bits per heavy atom. The fourth-order valence-electron chi connectivity index (χ4n) is 2.32. The molecule has 1 aromatic heterocycles. The maximum atomic E-state index is 12.0.